The van der Waals surface area contributed by atoms with Crippen LogP contribution in [-0.4, -0.2) is 32.9 Å². The van der Waals surface area contributed by atoms with Crippen LogP contribution in [0.3, 0.4) is 0 Å². The van der Waals surface area contributed by atoms with E-state index in [-0.39, 0.29) is 17.2 Å². The van der Waals surface area contributed by atoms with Crippen molar-refractivity contribution in [2.45, 2.75) is 68.3 Å². The maximum Gasteiger partial charge on any atom is 0.231 e. The number of hydrogen-bond donors (Lipinski definition) is 2. The van der Waals surface area contributed by atoms with E-state index in [4.69, 9.17) is 0 Å². The van der Waals surface area contributed by atoms with Crippen molar-refractivity contribution >= 4 is 34.1 Å². The Kier molecular flexibility index (Phi) is 5.87. The number of hydrogen-bond acceptors (Lipinski definition) is 7. The van der Waals surface area contributed by atoms with Gasteiger partial charge in [0.05, 0.1) is 11.8 Å². The predicted octanol–water partition coefficient (Wildman–Crippen LogP) is 3.18. The van der Waals surface area contributed by atoms with E-state index < -0.39 is 5.54 Å². The highest BCUT2D eigenvalue weighted by molar-refractivity contribution is 8.01. The molecule has 0 radical (unpaired) electrons. The van der Waals surface area contributed by atoms with E-state index in [0.717, 1.165) is 41.6 Å². The van der Waals surface area contributed by atoms with Crippen LogP contribution in [-0.2, 0) is 4.79 Å². The zero-order valence-corrected chi connectivity index (χ0v) is 15.4. The fourth-order valence-electron chi connectivity index (χ4n) is 2.49. The summed E-state index contributed by atoms with van der Waals surface area (Å²) >= 11 is 2.79. The van der Waals surface area contributed by atoms with Gasteiger partial charge in [0.1, 0.15) is 5.54 Å². The highest BCUT2D eigenvalue weighted by Crippen LogP contribution is 2.29. The van der Waals surface area contributed by atoms with Crippen molar-refractivity contribution in [3.8, 4) is 6.07 Å². The average molecular weight is 354 g/mol. The number of aromatic nitrogens is 2. The van der Waals surface area contributed by atoms with Gasteiger partial charge in [0.25, 0.3) is 0 Å². The molecule has 1 fully saturated rings. The second-order valence-corrected chi connectivity index (χ2v) is 9.04. The predicted molar refractivity (Wildman–Crippen MR) is 93.6 cm³/mol. The standard InChI is InChI=1S/C15H23N5OS2/c1-14(2,3)18-12-19-20-13(23-12)22-9-11(21)17-15(10-16)7-5-4-6-8-15/h4-9H2,1-3H3,(H,17,21)(H,18,19). The van der Waals surface area contributed by atoms with Crippen LogP contribution in [0.4, 0.5) is 5.13 Å². The zero-order chi connectivity index (χ0) is 16.9. The molecule has 8 heteroatoms. The van der Waals surface area contributed by atoms with Gasteiger partial charge in [0.15, 0.2) is 4.34 Å². The maximum atomic E-state index is 12.1. The Bertz CT molecular complexity index is 581. The molecule has 0 aliphatic heterocycles. The van der Waals surface area contributed by atoms with E-state index in [0.29, 0.717) is 0 Å². The second-order valence-electron chi connectivity index (χ2n) is 6.84. The third kappa shape index (κ3) is 5.66. The lowest BCUT2D eigenvalue weighted by molar-refractivity contribution is -0.120. The molecule has 1 aliphatic carbocycles. The number of rotatable bonds is 5. The average Bonchev–Trinajstić information content (AvgIpc) is 2.91. The van der Waals surface area contributed by atoms with Crippen LogP contribution in [0.25, 0.3) is 0 Å². The molecule has 1 heterocycles. The minimum atomic E-state index is -0.671. The number of carbonyl (C=O) groups excluding carboxylic acids is 1. The maximum absolute atomic E-state index is 12.1. The zero-order valence-electron chi connectivity index (χ0n) is 13.8. The lowest BCUT2D eigenvalue weighted by atomic mass is 9.83. The molecule has 126 valence electrons. The van der Waals surface area contributed by atoms with Gasteiger partial charge in [-0.15, -0.1) is 10.2 Å². The quantitative estimate of drug-likeness (QED) is 0.790. The summed E-state index contributed by atoms with van der Waals surface area (Å²) in [4.78, 5) is 12.1. The third-order valence-corrected chi connectivity index (χ3v) is 5.49. The first-order chi connectivity index (χ1) is 10.8. The highest BCUT2D eigenvalue weighted by Gasteiger charge is 2.33. The van der Waals surface area contributed by atoms with E-state index in [1.54, 1.807) is 0 Å². The molecule has 2 rings (SSSR count). The summed E-state index contributed by atoms with van der Waals surface area (Å²) < 4.78 is 0.751. The van der Waals surface area contributed by atoms with Crippen molar-refractivity contribution in [3.63, 3.8) is 0 Å². The molecule has 1 aromatic rings. The van der Waals surface area contributed by atoms with Gasteiger partial charge >= 0.3 is 0 Å². The number of thioether (sulfide) groups is 1. The Balaban J connectivity index is 1.83. The second kappa shape index (κ2) is 7.49. The summed E-state index contributed by atoms with van der Waals surface area (Å²) in [5, 5.41) is 24.5. The van der Waals surface area contributed by atoms with Gasteiger partial charge in [0.2, 0.25) is 11.0 Å². The van der Waals surface area contributed by atoms with Crippen LogP contribution in [0.15, 0.2) is 4.34 Å². The van der Waals surface area contributed by atoms with Crippen LogP contribution < -0.4 is 10.6 Å². The number of amides is 1. The fourth-order valence-corrected chi connectivity index (χ4v) is 4.25. The molecule has 2 N–H and O–H groups in total. The monoisotopic (exact) mass is 353 g/mol. The Morgan fingerprint density at radius 3 is 2.65 bits per heavy atom. The number of nitrogens with zero attached hydrogens (tertiary/aromatic N) is 3. The molecule has 0 bridgehead atoms. The number of anilines is 1. The number of carbonyl (C=O) groups is 1. The minimum absolute atomic E-state index is 0.0704. The first kappa shape index (κ1) is 18.0. The van der Waals surface area contributed by atoms with Gasteiger partial charge in [-0.2, -0.15) is 5.26 Å². The van der Waals surface area contributed by atoms with Crippen LogP contribution in [0, 0.1) is 11.3 Å². The topological polar surface area (TPSA) is 90.7 Å². The number of nitrogens with one attached hydrogen (secondary N) is 2. The van der Waals surface area contributed by atoms with E-state index >= 15 is 0 Å². The van der Waals surface area contributed by atoms with Crippen LogP contribution in [0.2, 0.25) is 0 Å². The molecule has 1 saturated carbocycles. The molecule has 1 amide bonds. The molecule has 0 unspecified atom stereocenters. The van der Waals surface area contributed by atoms with E-state index in [2.05, 4.69) is 47.7 Å². The summed E-state index contributed by atoms with van der Waals surface area (Å²) in [5.74, 6) is 0.145. The largest absolute Gasteiger partial charge is 0.355 e. The van der Waals surface area contributed by atoms with Crippen molar-refractivity contribution in [1.82, 2.24) is 15.5 Å². The molecule has 0 saturated heterocycles. The molecule has 0 spiro atoms. The van der Waals surface area contributed by atoms with Gasteiger partial charge in [-0.25, -0.2) is 0 Å². The summed E-state index contributed by atoms with van der Waals surface area (Å²) in [7, 11) is 0. The first-order valence-electron chi connectivity index (χ1n) is 7.79. The van der Waals surface area contributed by atoms with E-state index in [1.165, 1.54) is 23.1 Å². The van der Waals surface area contributed by atoms with Crippen LogP contribution in [0.1, 0.15) is 52.9 Å². The molecule has 0 atom stereocenters. The minimum Gasteiger partial charge on any atom is -0.355 e. The SMILES string of the molecule is CC(C)(C)Nc1nnc(SCC(=O)NC2(C#N)CCCCC2)s1. The van der Waals surface area contributed by atoms with Crippen molar-refractivity contribution in [2.24, 2.45) is 0 Å². The van der Waals surface area contributed by atoms with E-state index in [9.17, 15) is 10.1 Å². The van der Waals surface area contributed by atoms with Crippen molar-refractivity contribution in [2.75, 3.05) is 11.1 Å². The lowest BCUT2D eigenvalue weighted by Crippen LogP contribution is -2.49. The molecule has 0 aromatic carbocycles. The summed E-state index contributed by atoms with van der Waals surface area (Å²) in [5.41, 5.74) is -0.741. The fraction of sp³-hybridized carbons (Fsp3) is 0.733. The van der Waals surface area contributed by atoms with Crippen LogP contribution >= 0.6 is 23.1 Å². The molecular weight excluding hydrogens is 330 g/mol. The summed E-state index contributed by atoms with van der Waals surface area (Å²) in [6.07, 6.45) is 4.64. The molecule has 1 aromatic heterocycles. The Morgan fingerprint density at radius 2 is 2.04 bits per heavy atom. The number of nitriles is 1. The van der Waals surface area contributed by atoms with Gasteiger partial charge in [0, 0.05) is 5.54 Å². The van der Waals surface area contributed by atoms with Gasteiger partial charge in [-0.05, 0) is 33.6 Å². The molecule has 1 aliphatic rings. The molecular formula is C15H23N5OS2. The summed E-state index contributed by atoms with van der Waals surface area (Å²) in [6.45, 7) is 6.17. The Morgan fingerprint density at radius 1 is 1.35 bits per heavy atom. The smallest absolute Gasteiger partial charge is 0.231 e. The Hall–Kier alpha value is -1.33. The van der Waals surface area contributed by atoms with E-state index in [1.807, 2.05) is 0 Å². The van der Waals surface area contributed by atoms with Gasteiger partial charge in [-0.3, -0.25) is 4.79 Å². The van der Waals surface area contributed by atoms with Gasteiger partial charge < -0.3 is 10.6 Å². The first-order valence-corrected chi connectivity index (χ1v) is 9.59. The van der Waals surface area contributed by atoms with Crippen molar-refractivity contribution < 1.29 is 4.79 Å². The normalized spacial score (nSPS) is 17.3. The third-order valence-electron chi connectivity index (χ3n) is 3.51. The van der Waals surface area contributed by atoms with Crippen LogP contribution in [0.5, 0.6) is 0 Å². The van der Waals surface area contributed by atoms with Crippen molar-refractivity contribution in [3.05, 3.63) is 0 Å². The highest BCUT2D eigenvalue weighted by atomic mass is 32.2. The lowest BCUT2D eigenvalue weighted by Gasteiger charge is -2.31. The Labute approximate surface area is 145 Å². The summed E-state index contributed by atoms with van der Waals surface area (Å²) in [6, 6.07) is 2.30. The van der Waals surface area contributed by atoms with Gasteiger partial charge in [-0.1, -0.05) is 42.4 Å². The molecule has 6 nitrogen and oxygen atoms in total. The molecule has 23 heavy (non-hydrogen) atoms. The van der Waals surface area contributed by atoms with Crippen molar-refractivity contribution in [1.29, 1.82) is 5.26 Å².